The van der Waals surface area contributed by atoms with Crippen LogP contribution in [0.1, 0.15) is 24.0 Å². The van der Waals surface area contributed by atoms with E-state index < -0.39 is 17.6 Å². The maximum absolute atomic E-state index is 12.7. The van der Waals surface area contributed by atoms with Crippen LogP contribution in [-0.2, 0) is 17.4 Å². The summed E-state index contributed by atoms with van der Waals surface area (Å²) in [6, 6.07) is 7.86. The zero-order valence-corrected chi connectivity index (χ0v) is 15.0. The average molecular weight is 411 g/mol. The monoisotopic (exact) mass is 409 g/mol. The van der Waals surface area contributed by atoms with E-state index in [-0.39, 0.29) is 17.1 Å². The summed E-state index contributed by atoms with van der Waals surface area (Å²) in [4.78, 5) is 11.9. The minimum atomic E-state index is -4.50. The lowest BCUT2D eigenvalue weighted by Crippen LogP contribution is -2.13. The van der Waals surface area contributed by atoms with Crippen LogP contribution in [0.2, 0.25) is 15.1 Å². The highest BCUT2D eigenvalue weighted by molar-refractivity contribution is 6.35. The Balaban J connectivity index is 1.94. The first-order valence-corrected chi connectivity index (χ1v) is 8.41. The van der Waals surface area contributed by atoms with Crippen LogP contribution in [0.4, 0.5) is 18.9 Å². The van der Waals surface area contributed by atoms with Crippen molar-refractivity contribution >= 4 is 46.4 Å². The van der Waals surface area contributed by atoms with Crippen molar-refractivity contribution in [1.82, 2.24) is 0 Å². The van der Waals surface area contributed by atoms with E-state index in [9.17, 15) is 18.0 Å². The highest BCUT2D eigenvalue weighted by Crippen LogP contribution is 2.34. The number of hydrogen-bond donors (Lipinski definition) is 1. The van der Waals surface area contributed by atoms with Crippen LogP contribution < -0.4 is 5.32 Å². The summed E-state index contributed by atoms with van der Waals surface area (Å²) in [6.07, 6.45) is -3.37. The smallest absolute Gasteiger partial charge is 0.325 e. The van der Waals surface area contributed by atoms with E-state index in [1.807, 2.05) is 0 Å². The van der Waals surface area contributed by atoms with Crippen molar-refractivity contribution in [3.05, 3.63) is 62.6 Å². The molecular weight excluding hydrogens is 398 g/mol. The number of hydrogen-bond acceptors (Lipinski definition) is 1. The summed E-state index contributed by atoms with van der Waals surface area (Å²) in [5.74, 6) is -0.425. The molecular formula is C17H13Cl3F3NO. The maximum Gasteiger partial charge on any atom is 0.416 e. The molecule has 8 heteroatoms. The maximum atomic E-state index is 12.7. The highest BCUT2D eigenvalue weighted by Gasteiger charge is 2.31. The first-order valence-electron chi connectivity index (χ1n) is 7.27. The largest absolute Gasteiger partial charge is 0.416 e. The minimum Gasteiger partial charge on any atom is -0.325 e. The molecule has 0 aromatic heterocycles. The summed E-state index contributed by atoms with van der Waals surface area (Å²) in [6.45, 7) is 0. The fourth-order valence-electron chi connectivity index (χ4n) is 2.17. The predicted molar refractivity (Wildman–Crippen MR) is 94.5 cm³/mol. The van der Waals surface area contributed by atoms with Gasteiger partial charge in [-0.1, -0.05) is 40.9 Å². The second-order valence-electron chi connectivity index (χ2n) is 5.33. The molecule has 2 aromatic rings. The Bertz CT molecular complexity index is 778. The van der Waals surface area contributed by atoms with Crippen LogP contribution in [0, 0.1) is 0 Å². The van der Waals surface area contributed by atoms with E-state index in [1.165, 1.54) is 0 Å². The molecule has 0 heterocycles. The van der Waals surface area contributed by atoms with Crippen molar-refractivity contribution < 1.29 is 18.0 Å². The Labute approximate surface area is 157 Å². The van der Waals surface area contributed by atoms with Crippen molar-refractivity contribution in [3.63, 3.8) is 0 Å². The van der Waals surface area contributed by atoms with Gasteiger partial charge in [0.2, 0.25) is 5.91 Å². The van der Waals surface area contributed by atoms with Gasteiger partial charge in [-0.15, -0.1) is 0 Å². The van der Waals surface area contributed by atoms with Crippen LogP contribution in [0.3, 0.4) is 0 Å². The fourth-order valence-corrected chi connectivity index (χ4v) is 2.84. The van der Waals surface area contributed by atoms with Gasteiger partial charge >= 0.3 is 6.18 Å². The number of rotatable bonds is 5. The Morgan fingerprint density at radius 3 is 2.36 bits per heavy atom. The van der Waals surface area contributed by atoms with Crippen LogP contribution in [0.15, 0.2) is 36.4 Å². The number of alkyl halides is 3. The molecule has 0 spiro atoms. The lowest BCUT2D eigenvalue weighted by molar-refractivity contribution is -0.137. The molecule has 0 fully saturated rings. The Kier molecular flexibility index (Phi) is 6.60. The fraction of sp³-hybridized carbons (Fsp3) is 0.235. The van der Waals surface area contributed by atoms with Gasteiger partial charge in [0.05, 0.1) is 16.3 Å². The first-order chi connectivity index (χ1) is 11.7. The minimum absolute atomic E-state index is 0.0436. The second kappa shape index (κ2) is 8.30. The molecule has 0 atom stereocenters. The van der Waals surface area contributed by atoms with Crippen LogP contribution in [0.5, 0.6) is 0 Å². The van der Waals surface area contributed by atoms with Gasteiger partial charge in [-0.2, -0.15) is 13.2 Å². The van der Waals surface area contributed by atoms with E-state index in [2.05, 4.69) is 5.32 Å². The molecule has 134 valence electrons. The van der Waals surface area contributed by atoms with Gasteiger partial charge in [0.15, 0.2) is 0 Å². The molecule has 0 saturated carbocycles. The summed E-state index contributed by atoms with van der Waals surface area (Å²) < 4.78 is 38.1. The summed E-state index contributed by atoms with van der Waals surface area (Å²) >= 11 is 17.7. The summed E-state index contributed by atoms with van der Waals surface area (Å²) in [5, 5.41) is 3.48. The molecule has 0 aliphatic heterocycles. The molecule has 1 N–H and O–H groups in total. The Hall–Kier alpha value is -1.43. The molecule has 2 nitrogen and oxygen atoms in total. The van der Waals surface area contributed by atoms with Crippen molar-refractivity contribution in [3.8, 4) is 0 Å². The summed E-state index contributed by atoms with van der Waals surface area (Å²) in [7, 11) is 0. The highest BCUT2D eigenvalue weighted by atomic mass is 35.5. The molecule has 0 bridgehead atoms. The number of anilines is 1. The Morgan fingerprint density at radius 2 is 1.72 bits per heavy atom. The standard InChI is InChI=1S/C17H13Cl3F3NO/c18-12-6-4-10(14(20)9-12)2-1-3-16(25)24-15-8-11(17(21,22)23)5-7-13(15)19/h4-9H,1-3H2,(H,24,25). The number of carbonyl (C=O) groups is 1. The van der Waals surface area contributed by atoms with E-state index in [4.69, 9.17) is 34.8 Å². The molecule has 0 aliphatic carbocycles. The first kappa shape index (κ1) is 19.9. The molecule has 25 heavy (non-hydrogen) atoms. The normalized spacial score (nSPS) is 11.4. The van der Waals surface area contributed by atoms with Crippen molar-refractivity contribution in [2.45, 2.75) is 25.4 Å². The van der Waals surface area contributed by atoms with Crippen molar-refractivity contribution in [2.75, 3.05) is 5.32 Å². The van der Waals surface area contributed by atoms with Gasteiger partial charge in [0.25, 0.3) is 0 Å². The summed E-state index contributed by atoms with van der Waals surface area (Å²) in [5.41, 5.74) is -0.0952. The van der Waals surface area contributed by atoms with E-state index >= 15 is 0 Å². The Morgan fingerprint density at radius 1 is 1.00 bits per heavy atom. The molecule has 0 unspecified atom stereocenters. The zero-order chi connectivity index (χ0) is 18.6. The van der Waals surface area contributed by atoms with Crippen molar-refractivity contribution in [1.29, 1.82) is 0 Å². The van der Waals surface area contributed by atoms with E-state index in [1.54, 1.807) is 18.2 Å². The second-order valence-corrected chi connectivity index (χ2v) is 6.58. The van der Waals surface area contributed by atoms with Gasteiger partial charge in [-0.3, -0.25) is 4.79 Å². The molecule has 2 aromatic carbocycles. The third-order valence-corrected chi connectivity index (χ3v) is 4.35. The molecule has 1 amide bonds. The number of carbonyl (C=O) groups excluding carboxylic acids is 1. The van der Waals surface area contributed by atoms with Gasteiger partial charge in [-0.05, 0) is 48.7 Å². The lowest BCUT2D eigenvalue weighted by atomic mass is 10.1. The average Bonchev–Trinajstić information content (AvgIpc) is 2.50. The SMILES string of the molecule is O=C(CCCc1ccc(Cl)cc1Cl)Nc1cc(C(F)(F)F)ccc1Cl. The third-order valence-electron chi connectivity index (χ3n) is 3.43. The molecule has 0 aliphatic rings. The number of aryl methyl sites for hydroxylation is 1. The quantitative estimate of drug-likeness (QED) is 0.589. The van der Waals surface area contributed by atoms with Gasteiger partial charge in [0, 0.05) is 16.5 Å². The van der Waals surface area contributed by atoms with E-state index in [0.29, 0.717) is 22.9 Å². The zero-order valence-electron chi connectivity index (χ0n) is 12.8. The van der Waals surface area contributed by atoms with E-state index in [0.717, 1.165) is 23.8 Å². The van der Waals surface area contributed by atoms with Crippen molar-refractivity contribution in [2.24, 2.45) is 0 Å². The van der Waals surface area contributed by atoms with Gasteiger partial charge < -0.3 is 5.32 Å². The lowest BCUT2D eigenvalue weighted by Gasteiger charge is -2.12. The van der Waals surface area contributed by atoms with Gasteiger partial charge in [-0.25, -0.2) is 0 Å². The number of nitrogens with one attached hydrogen (secondary N) is 1. The van der Waals surface area contributed by atoms with Crippen LogP contribution in [-0.4, -0.2) is 5.91 Å². The number of benzene rings is 2. The number of halogens is 6. The third kappa shape index (κ3) is 5.80. The molecule has 0 saturated heterocycles. The van der Waals surface area contributed by atoms with Gasteiger partial charge in [0.1, 0.15) is 0 Å². The predicted octanol–water partition coefficient (Wildman–Crippen LogP) is 6.63. The van der Waals surface area contributed by atoms with Crippen LogP contribution in [0.25, 0.3) is 0 Å². The topological polar surface area (TPSA) is 29.1 Å². The number of amides is 1. The van der Waals surface area contributed by atoms with Crippen LogP contribution >= 0.6 is 34.8 Å². The molecule has 0 radical (unpaired) electrons. The molecule has 2 rings (SSSR count).